The highest BCUT2D eigenvalue weighted by atomic mass is 32.1. The van der Waals surface area contributed by atoms with Crippen LogP contribution in [0.1, 0.15) is 10.7 Å². The van der Waals surface area contributed by atoms with Crippen molar-refractivity contribution in [3.8, 4) is 0 Å². The number of aromatic nitrogens is 1. The molecule has 0 aliphatic heterocycles. The summed E-state index contributed by atoms with van der Waals surface area (Å²) in [4.78, 5) is 6.55. The molecule has 1 N–H and O–H groups in total. The minimum absolute atomic E-state index is 0.781. The summed E-state index contributed by atoms with van der Waals surface area (Å²) in [5.74, 6) is 0. The zero-order valence-corrected chi connectivity index (χ0v) is 11.2. The summed E-state index contributed by atoms with van der Waals surface area (Å²) >= 11 is 1.70. The van der Waals surface area contributed by atoms with Crippen molar-refractivity contribution >= 4 is 22.7 Å². The molecule has 90 valence electrons. The Hall–Kier alpha value is -1.55. The molecule has 0 aliphatic rings. The van der Waals surface area contributed by atoms with Crippen molar-refractivity contribution in [2.45, 2.75) is 13.5 Å². The van der Waals surface area contributed by atoms with E-state index in [1.54, 1.807) is 11.3 Å². The highest BCUT2D eigenvalue weighted by molar-refractivity contribution is 7.09. The Morgan fingerprint density at radius 3 is 2.71 bits per heavy atom. The molecule has 0 amide bonds. The monoisotopic (exact) mass is 247 g/mol. The first-order chi connectivity index (χ1) is 8.16. The number of nitrogens with zero attached hydrogens (tertiary/aromatic N) is 2. The molecule has 0 saturated carbocycles. The van der Waals surface area contributed by atoms with Gasteiger partial charge in [0.15, 0.2) is 0 Å². The highest BCUT2D eigenvalue weighted by Gasteiger charge is 2.04. The summed E-state index contributed by atoms with van der Waals surface area (Å²) in [6.07, 6.45) is 0. The number of hydrogen-bond acceptors (Lipinski definition) is 4. The van der Waals surface area contributed by atoms with Gasteiger partial charge in [0.25, 0.3) is 0 Å². The molecule has 1 aromatic heterocycles. The minimum Gasteiger partial charge on any atom is -0.377 e. The Morgan fingerprint density at radius 2 is 2.06 bits per heavy atom. The second-order valence-corrected chi connectivity index (χ2v) is 5.09. The van der Waals surface area contributed by atoms with Gasteiger partial charge in [-0.25, -0.2) is 4.98 Å². The van der Waals surface area contributed by atoms with Crippen molar-refractivity contribution in [1.29, 1.82) is 0 Å². The Labute approximate surface area is 106 Å². The Bertz CT molecular complexity index is 491. The molecule has 0 aliphatic carbocycles. The Balaban J connectivity index is 2.08. The number of anilines is 2. The first-order valence-electron chi connectivity index (χ1n) is 5.58. The third-order valence-electron chi connectivity index (χ3n) is 2.48. The van der Waals surface area contributed by atoms with Crippen LogP contribution < -0.4 is 10.2 Å². The minimum atomic E-state index is 0.781. The van der Waals surface area contributed by atoms with Gasteiger partial charge in [0.1, 0.15) is 5.01 Å². The van der Waals surface area contributed by atoms with E-state index in [2.05, 4.69) is 32.7 Å². The van der Waals surface area contributed by atoms with Crippen LogP contribution in [0.25, 0.3) is 0 Å². The van der Waals surface area contributed by atoms with Gasteiger partial charge in [-0.1, -0.05) is 12.1 Å². The molecule has 0 saturated heterocycles. The van der Waals surface area contributed by atoms with Crippen LogP contribution in [-0.4, -0.2) is 19.1 Å². The normalized spacial score (nSPS) is 10.3. The lowest BCUT2D eigenvalue weighted by Gasteiger charge is -2.17. The van der Waals surface area contributed by atoms with E-state index in [-0.39, 0.29) is 0 Å². The van der Waals surface area contributed by atoms with Gasteiger partial charge in [-0.15, -0.1) is 11.3 Å². The molecular weight excluding hydrogens is 230 g/mol. The van der Waals surface area contributed by atoms with Crippen LogP contribution in [0.3, 0.4) is 0 Å². The molecule has 17 heavy (non-hydrogen) atoms. The molecule has 0 unspecified atom stereocenters. The summed E-state index contributed by atoms with van der Waals surface area (Å²) in [5.41, 5.74) is 3.43. The molecule has 2 rings (SSSR count). The first kappa shape index (κ1) is 11.9. The topological polar surface area (TPSA) is 28.2 Å². The number of thiazole rings is 1. The van der Waals surface area contributed by atoms with E-state index in [4.69, 9.17) is 0 Å². The first-order valence-corrected chi connectivity index (χ1v) is 6.46. The van der Waals surface area contributed by atoms with Crippen LogP contribution in [0, 0.1) is 6.92 Å². The summed E-state index contributed by atoms with van der Waals surface area (Å²) in [5, 5.41) is 6.63. The fraction of sp³-hybridized carbons (Fsp3) is 0.308. The van der Waals surface area contributed by atoms with Crippen LogP contribution in [-0.2, 0) is 6.54 Å². The SMILES string of the molecule is Cc1csc(CNc2ccccc2N(C)C)n1. The van der Waals surface area contributed by atoms with E-state index in [0.717, 1.165) is 22.9 Å². The van der Waals surface area contributed by atoms with Crippen molar-refractivity contribution in [3.05, 3.63) is 40.3 Å². The molecule has 2 aromatic rings. The molecule has 1 heterocycles. The fourth-order valence-electron chi connectivity index (χ4n) is 1.67. The van der Waals surface area contributed by atoms with Crippen LogP contribution in [0.15, 0.2) is 29.6 Å². The van der Waals surface area contributed by atoms with Crippen molar-refractivity contribution in [2.75, 3.05) is 24.3 Å². The molecule has 3 nitrogen and oxygen atoms in total. The van der Waals surface area contributed by atoms with Crippen molar-refractivity contribution in [3.63, 3.8) is 0 Å². The van der Waals surface area contributed by atoms with Crippen LogP contribution >= 0.6 is 11.3 Å². The maximum absolute atomic E-state index is 4.44. The van der Waals surface area contributed by atoms with E-state index < -0.39 is 0 Å². The average Bonchev–Trinajstić information content (AvgIpc) is 2.73. The van der Waals surface area contributed by atoms with Crippen molar-refractivity contribution < 1.29 is 0 Å². The smallest absolute Gasteiger partial charge is 0.112 e. The number of nitrogens with one attached hydrogen (secondary N) is 1. The van der Waals surface area contributed by atoms with Gasteiger partial charge in [0.2, 0.25) is 0 Å². The van der Waals surface area contributed by atoms with Gasteiger partial charge >= 0.3 is 0 Å². The van der Waals surface area contributed by atoms with Gasteiger partial charge in [0, 0.05) is 25.2 Å². The number of aryl methyl sites for hydroxylation is 1. The lowest BCUT2D eigenvalue weighted by atomic mass is 10.2. The van der Waals surface area contributed by atoms with Crippen LogP contribution in [0.2, 0.25) is 0 Å². The number of benzene rings is 1. The van der Waals surface area contributed by atoms with Crippen molar-refractivity contribution in [1.82, 2.24) is 4.98 Å². The third kappa shape index (κ3) is 2.97. The van der Waals surface area contributed by atoms with Gasteiger partial charge in [-0.3, -0.25) is 0 Å². The van der Waals surface area contributed by atoms with E-state index in [9.17, 15) is 0 Å². The van der Waals surface area contributed by atoms with Crippen LogP contribution in [0.5, 0.6) is 0 Å². The predicted molar refractivity (Wildman–Crippen MR) is 74.9 cm³/mol. The molecule has 0 spiro atoms. The Morgan fingerprint density at radius 1 is 1.29 bits per heavy atom. The second kappa shape index (κ2) is 5.19. The molecular formula is C13H17N3S. The zero-order valence-electron chi connectivity index (χ0n) is 10.4. The lowest BCUT2D eigenvalue weighted by Crippen LogP contribution is -2.12. The average molecular weight is 247 g/mol. The van der Waals surface area contributed by atoms with E-state index in [0.29, 0.717) is 0 Å². The standard InChI is InChI=1S/C13H17N3S/c1-10-9-17-13(15-10)8-14-11-6-4-5-7-12(11)16(2)3/h4-7,9,14H,8H2,1-3H3. The number of rotatable bonds is 4. The quantitative estimate of drug-likeness (QED) is 0.899. The van der Waals surface area contributed by atoms with Gasteiger partial charge in [-0.05, 0) is 19.1 Å². The van der Waals surface area contributed by atoms with E-state index in [1.165, 1.54) is 5.69 Å². The zero-order chi connectivity index (χ0) is 12.3. The van der Waals surface area contributed by atoms with E-state index >= 15 is 0 Å². The summed E-state index contributed by atoms with van der Waals surface area (Å²) in [6, 6.07) is 8.29. The predicted octanol–water partition coefficient (Wildman–Crippen LogP) is 3.13. The van der Waals surface area contributed by atoms with Gasteiger partial charge in [-0.2, -0.15) is 0 Å². The van der Waals surface area contributed by atoms with Gasteiger partial charge in [0.05, 0.1) is 17.9 Å². The van der Waals surface area contributed by atoms with Gasteiger partial charge < -0.3 is 10.2 Å². The summed E-state index contributed by atoms with van der Waals surface area (Å²) in [7, 11) is 4.10. The maximum atomic E-state index is 4.44. The van der Waals surface area contributed by atoms with E-state index in [1.807, 2.05) is 33.2 Å². The summed E-state index contributed by atoms with van der Waals surface area (Å²) < 4.78 is 0. The molecule has 0 fully saturated rings. The highest BCUT2D eigenvalue weighted by Crippen LogP contribution is 2.24. The van der Waals surface area contributed by atoms with Crippen molar-refractivity contribution in [2.24, 2.45) is 0 Å². The largest absolute Gasteiger partial charge is 0.377 e. The molecule has 1 aromatic carbocycles. The second-order valence-electron chi connectivity index (χ2n) is 4.15. The fourth-order valence-corrected chi connectivity index (χ4v) is 2.38. The number of hydrogen-bond donors (Lipinski definition) is 1. The Kier molecular flexibility index (Phi) is 3.64. The lowest BCUT2D eigenvalue weighted by molar-refractivity contribution is 1.06. The molecule has 0 atom stereocenters. The maximum Gasteiger partial charge on any atom is 0.112 e. The molecule has 0 bridgehead atoms. The summed E-state index contributed by atoms with van der Waals surface area (Å²) in [6.45, 7) is 2.80. The number of para-hydroxylation sites is 2. The van der Waals surface area contributed by atoms with Crippen LogP contribution in [0.4, 0.5) is 11.4 Å². The molecule has 0 radical (unpaired) electrons. The third-order valence-corrected chi connectivity index (χ3v) is 3.45. The molecule has 4 heteroatoms.